The van der Waals surface area contributed by atoms with Gasteiger partial charge in [0.25, 0.3) is 0 Å². The Hall–Kier alpha value is -2.92. The molecule has 39 heavy (non-hydrogen) atoms. The molecule has 2 heterocycles. The molecule has 0 N–H and O–H groups in total. The molecule has 0 amide bonds. The van der Waals surface area contributed by atoms with Crippen LogP contribution in [0.15, 0.2) is 120 Å². The van der Waals surface area contributed by atoms with Gasteiger partial charge in [-0.3, -0.25) is 9.97 Å². The molecule has 0 fully saturated rings. The molecule has 0 saturated carbocycles. The van der Waals surface area contributed by atoms with Crippen molar-refractivity contribution < 1.29 is 17.1 Å². The molecule has 2 aromatic heterocycles. The minimum absolute atomic E-state index is 0. The fraction of sp³-hybridized carbons (Fsp3) is 0.0714. The van der Waals surface area contributed by atoms with Crippen LogP contribution < -0.4 is 0 Å². The quantitative estimate of drug-likeness (QED) is 0.0661. The molecule has 1 radical (unpaired) electrons. The maximum absolute atomic E-state index is 4.33. The van der Waals surface area contributed by atoms with E-state index in [-0.39, 0.29) is 17.1 Å². The smallest absolute Gasteiger partial charge is 0.174 e. The van der Waals surface area contributed by atoms with Crippen molar-refractivity contribution in [1.82, 2.24) is 9.97 Å². The summed E-state index contributed by atoms with van der Waals surface area (Å²) in [6.45, 7) is 0. The van der Waals surface area contributed by atoms with Gasteiger partial charge in [0.05, 0.1) is 22.8 Å². The van der Waals surface area contributed by atoms with E-state index in [1.807, 2.05) is 110 Å². The third-order valence-corrected chi connectivity index (χ3v) is 6.91. The van der Waals surface area contributed by atoms with Gasteiger partial charge in [-0.1, -0.05) is 96.3 Å². The Bertz CT molecular complexity index is 1170. The standard InChI is InChI=1S/2C14H13N3S2.Cu/c2*1-19-14(18)17-16-13(11-7-3-2-4-8-11)12-9-5-6-10-15-12;/h2*2-10H,1H3,(H,15,17,18);. The Morgan fingerprint density at radius 2 is 0.949 bits per heavy atom. The maximum Gasteiger partial charge on any atom is 0.174 e. The minimum Gasteiger partial charge on any atom is -0.519 e. The third-order valence-electron chi connectivity index (χ3n) is 4.75. The van der Waals surface area contributed by atoms with Crippen LogP contribution in [0, 0.1) is 0 Å². The molecule has 0 aliphatic rings. The molecule has 11 heteroatoms. The van der Waals surface area contributed by atoms with Crippen LogP contribution in [0.3, 0.4) is 0 Å². The van der Waals surface area contributed by atoms with Gasteiger partial charge in [0, 0.05) is 40.6 Å². The van der Waals surface area contributed by atoms with E-state index < -0.39 is 0 Å². The zero-order chi connectivity index (χ0) is 27.0. The van der Waals surface area contributed by atoms with Crippen LogP contribution in [0.25, 0.3) is 10.9 Å². The maximum atomic E-state index is 4.33. The van der Waals surface area contributed by atoms with Crippen LogP contribution in [0.2, 0.25) is 0 Å². The largest absolute Gasteiger partial charge is 0.519 e. The van der Waals surface area contributed by atoms with Crippen LogP contribution in [0.1, 0.15) is 22.5 Å². The summed E-state index contributed by atoms with van der Waals surface area (Å²) in [7, 11) is 0. The summed E-state index contributed by atoms with van der Waals surface area (Å²) in [6.07, 6.45) is 7.30. The predicted molar refractivity (Wildman–Crippen MR) is 174 cm³/mol. The van der Waals surface area contributed by atoms with Gasteiger partial charge in [-0.15, -0.1) is 0 Å². The Labute approximate surface area is 259 Å². The molecule has 0 spiro atoms. The van der Waals surface area contributed by atoms with Gasteiger partial charge in [-0.25, -0.2) is 0 Å². The Balaban J connectivity index is 0.000000267. The first-order chi connectivity index (χ1) is 18.6. The van der Waals surface area contributed by atoms with Crippen LogP contribution in [0.5, 0.6) is 0 Å². The van der Waals surface area contributed by atoms with Crippen LogP contribution in [0.4, 0.5) is 0 Å². The van der Waals surface area contributed by atoms with Gasteiger partial charge in [0.15, 0.2) is 33.1 Å². The van der Waals surface area contributed by atoms with Crippen molar-refractivity contribution in [2.75, 3.05) is 12.5 Å². The molecule has 4 aromatic rings. The molecule has 4 rings (SSSR count). The summed E-state index contributed by atoms with van der Waals surface area (Å²) in [6, 6.07) is 31.2. The number of hydrogen-bond acceptors (Lipinski definition) is 6. The molecule has 0 atom stereocenters. The van der Waals surface area contributed by atoms with Gasteiger partial charge >= 0.3 is 0 Å². The van der Waals surface area contributed by atoms with Crippen molar-refractivity contribution in [3.63, 3.8) is 0 Å². The van der Waals surface area contributed by atoms with Crippen molar-refractivity contribution in [2.24, 2.45) is 10.2 Å². The van der Waals surface area contributed by atoms with Crippen molar-refractivity contribution in [3.05, 3.63) is 143 Å². The molecular weight excluding hydrogens is 612 g/mol. The molecule has 0 aliphatic carbocycles. The van der Waals surface area contributed by atoms with Crippen molar-refractivity contribution in [2.45, 2.75) is 0 Å². The Kier molecular flexibility index (Phi) is 15.2. The number of aromatic nitrogens is 2. The van der Waals surface area contributed by atoms with E-state index in [1.54, 1.807) is 12.4 Å². The van der Waals surface area contributed by atoms with E-state index in [4.69, 9.17) is 0 Å². The van der Waals surface area contributed by atoms with E-state index in [0.717, 1.165) is 33.9 Å². The number of thiol groups is 2. The van der Waals surface area contributed by atoms with E-state index in [0.29, 0.717) is 8.64 Å². The molecule has 6 nitrogen and oxygen atoms in total. The second-order valence-corrected chi connectivity index (χ2v) is 10.3. The zero-order valence-corrected chi connectivity index (χ0v) is 25.5. The summed E-state index contributed by atoms with van der Waals surface area (Å²) in [5, 5.41) is 8.56. The Morgan fingerprint density at radius 3 is 1.26 bits per heavy atom. The number of thioether (sulfide) groups is 2. The van der Waals surface area contributed by atoms with Crippen LogP contribution in [-0.4, -0.2) is 42.5 Å². The van der Waals surface area contributed by atoms with Gasteiger partial charge in [-0.05, 0) is 36.8 Å². The van der Waals surface area contributed by atoms with Gasteiger partial charge in [0.2, 0.25) is 0 Å². The fourth-order valence-electron chi connectivity index (χ4n) is 2.98. The summed E-state index contributed by atoms with van der Waals surface area (Å²) in [5.74, 6) is 0. The average molecular weight is 638 g/mol. The van der Waals surface area contributed by atoms with Crippen molar-refractivity contribution in [1.29, 1.82) is 0 Å². The first kappa shape index (κ1) is 32.3. The van der Waals surface area contributed by atoms with Crippen LogP contribution in [-0.2, 0) is 41.5 Å². The number of pyridine rings is 2. The molecule has 0 bridgehead atoms. The monoisotopic (exact) mass is 637 g/mol. The van der Waals surface area contributed by atoms with Crippen molar-refractivity contribution in [3.8, 4) is 0 Å². The third kappa shape index (κ3) is 11.0. The molecular formula is C28H26CuN6S4. The van der Waals surface area contributed by atoms with E-state index in [9.17, 15) is 0 Å². The van der Waals surface area contributed by atoms with Crippen molar-refractivity contribution >= 4 is 68.0 Å². The minimum atomic E-state index is 0. The van der Waals surface area contributed by atoms with Crippen LogP contribution >= 0.6 is 23.5 Å². The zero-order valence-electron chi connectivity index (χ0n) is 21.1. The molecule has 0 unspecified atom stereocenters. The van der Waals surface area contributed by atoms with E-state index >= 15 is 0 Å². The van der Waals surface area contributed by atoms with E-state index in [2.05, 4.69) is 55.5 Å². The predicted octanol–water partition coefficient (Wildman–Crippen LogP) is 5.87. The summed E-state index contributed by atoms with van der Waals surface area (Å²) in [4.78, 5) is 8.65. The summed E-state index contributed by atoms with van der Waals surface area (Å²) < 4.78 is 1.23. The molecule has 0 aliphatic heterocycles. The number of nitrogens with zero attached hydrogens (tertiary/aromatic N) is 6. The number of rotatable bonds is 6. The van der Waals surface area contributed by atoms with Gasteiger partial charge in [0.1, 0.15) is 0 Å². The molecule has 0 saturated heterocycles. The fourth-order valence-corrected chi connectivity index (χ4v) is 3.31. The number of benzene rings is 2. The first-order valence-electron chi connectivity index (χ1n) is 11.3. The molecule has 203 valence electrons. The van der Waals surface area contributed by atoms with Gasteiger partial charge in [-0.2, -0.15) is 0 Å². The van der Waals surface area contributed by atoms with E-state index in [1.165, 1.54) is 23.5 Å². The normalized spacial score (nSPS) is 10.8. The first-order valence-corrected chi connectivity index (χ1v) is 14.7. The van der Waals surface area contributed by atoms with Gasteiger partial charge < -0.3 is 21.1 Å². The summed E-state index contributed by atoms with van der Waals surface area (Å²) >= 11 is 11.3. The molecule has 2 aromatic carbocycles. The Morgan fingerprint density at radius 1 is 0.590 bits per heavy atom. The SMILES string of the molecule is CSC(=[SH+])[N-]N=C(c1ccccc1)c1ccccn1.CSC(=[SH+])[N-]N=C(c1ccccc1)c1ccccn1.[Cu]. The second-order valence-electron chi connectivity index (χ2n) is 7.23. The average Bonchev–Trinajstić information content (AvgIpc) is 2.99. The number of hydrogen-bond donors (Lipinski definition) is 0. The topological polar surface area (TPSA) is 78.7 Å². The second kappa shape index (κ2) is 18.4. The summed E-state index contributed by atoms with van der Waals surface area (Å²) in [5.41, 5.74) is 13.2.